The van der Waals surface area contributed by atoms with Gasteiger partial charge in [0.05, 0.1) is 17.9 Å². The van der Waals surface area contributed by atoms with Gasteiger partial charge in [0.2, 0.25) is 0 Å². The second kappa shape index (κ2) is 7.62. The average Bonchev–Trinajstić information content (AvgIpc) is 3.31. The van der Waals surface area contributed by atoms with Crippen molar-refractivity contribution in [2.45, 2.75) is 52.2 Å². The third-order valence-corrected chi connectivity index (χ3v) is 5.69. The number of carbonyl (C=O) groups excluding carboxylic acids is 1. The van der Waals surface area contributed by atoms with Gasteiger partial charge in [-0.3, -0.25) is 14.4 Å². The number of nitrogens with zero attached hydrogens (tertiary/aromatic N) is 4. The summed E-state index contributed by atoms with van der Waals surface area (Å²) in [4.78, 5) is 17.0. The highest BCUT2D eigenvalue weighted by atomic mass is 19.2. The molecule has 0 atom stereocenters. The summed E-state index contributed by atoms with van der Waals surface area (Å²) in [5, 5.41) is 4.87. The minimum atomic E-state index is -0.997. The fourth-order valence-corrected chi connectivity index (χ4v) is 4.21. The monoisotopic (exact) mass is 388 g/mol. The molecule has 0 spiro atoms. The molecule has 0 bridgehead atoms. The van der Waals surface area contributed by atoms with E-state index in [0.29, 0.717) is 13.1 Å². The Hall–Kier alpha value is -2.28. The maximum Gasteiger partial charge on any atom is 0.254 e. The lowest BCUT2D eigenvalue weighted by molar-refractivity contribution is 0.0728. The number of hydrogen-bond donors (Lipinski definition) is 0. The van der Waals surface area contributed by atoms with Crippen LogP contribution in [0.25, 0.3) is 0 Å². The van der Waals surface area contributed by atoms with Crippen molar-refractivity contribution in [1.82, 2.24) is 19.6 Å². The van der Waals surface area contributed by atoms with Gasteiger partial charge in [-0.05, 0) is 64.4 Å². The van der Waals surface area contributed by atoms with Gasteiger partial charge in [0.1, 0.15) is 0 Å². The van der Waals surface area contributed by atoms with E-state index in [2.05, 4.69) is 18.7 Å². The van der Waals surface area contributed by atoms with Gasteiger partial charge in [-0.1, -0.05) is 0 Å². The number of likely N-dealkylation sites (tertiary alicyclic amines) is 1. The smallest absolute Gasteiger partial charge is 0.254 e. The van der Waals surface area contributed by atoms with E-state index >= 15 is 0 Å². The lowest BCUT2D eigenvalue weighted by Gasteiger charge is -2.29. The third kappa shape index (κ3) is 3.55. The second-order valence-corrected chi connectivity index (χ2v) is 8.00. The molecule has 1 aromatic heterocycles. The molecule has 0 aliphatic carbocycles. The number of carbonyl (C=O) groups is 1. The zero-order valence-electron chi connectivity index (χ0n) is 16.4. The molecular weight excluding hydrogens is 362 g/mol. The molecule has 2 aliphatic rings. The van der Waals surface area contributed by atoms with Crippen LogP contribution in [0.2, 0.25) is 0 Å². The molecule has 0 saturated carbocycles. The molecule has 0 unspecified atom stereocenters. The highest BCUT2D eigenvalue weighted by molar-refractivity contribution is 5.94. The van der Waals surface area contributed by atoms with E-state index in [-0.39, 0.29) is 17.5 Å². The summed E-state index contributed by atoms with van der Waals surface area (Å²) in [5.41, 5.74) is 3.60. The molecule has 1 fully saturated rings. The summed E-state index contributed by atoms with van der Waals surface area (Å²) in [6.07, 6.45) is 3.22. The largest absolute Gasteiger partial charge is 0.332 e. The molecule has 2 aromatic rings. The fourth-order valence-electron chi connectivity index (χ4n) is 4.21. The highest BCUT2D eigenvalue weighted by Gasteiger charge is 2.29. The normalized spacial score (nSPS) is 17.4. The quantitative estimate of drug-likeness (QED) is 0.805. The van der Waals surface area contributed by atoms with Gasteiger partial charge in [-0.15, -0.1) is 0 Å². The molecule has 0 N–H and O–H groups in total. The summed E-state index contributed by atoms with van der Waals surface area (Å²) >= 11 is 0. The van der Waals surface area contributed by atoms with E-state index < -0.39 is 11.6 Å². The summed E-state index contributed by atoms with van der Waals surface area (Å²) in [5.74, 6) is -2.22. The average molecular weight is 388 g/mol. The van der Waals surface area contributed by atoms with E-state index in [4.69, 9.17) is 5.10 Å². The molecule has 1 aromatic carbocycles. The van der Waals surface area contributed by atoms with Gasteiger partial charge in [0.15, 0.2) is 11.6 Å². The van der Waals surface area contributed by atoms with Crippen molar-refractivity contribution in [3.63, 3.8) is 0 Å². The number of benzene rings is 1. The Morgan fingerprint density at radius 2 is 1.89 bits per heavy atom. The Kier molecular flexibility index (Phi) is 5.19. The second-order valence-electron chi connectivity index (χ2n) is 8.00. The number of halogens is 2. The summed E-state index contributed by atoms with van der Waals surface area (Å²) < 4.78 is 28.8. The van der Waals surface area contributed by atoms with Crippen molar-refractivity contribution in [1.29, 1.82) is 0 Å². The SMILES string of the molecule is CC(C)n1nc(CN2CCCC2)c2c1CN(C(=O)c1ccc(F)c(F)c1)CC2. The van der Waals surface area contributed by atoms with Crippen LogP contribution in [0.1, 0.15) is 60.0 Å². The summed E-state index contributed by atoms with van der Waals surface area (Å²) in [7, 11) is 0. The lowest BCUT2D eigenvalue weighted by Crippen LogP contribution is -2.37. The standard InChI is InChI=1S/C21H26F2N4O/c1-14(2)27-20-13-26(21(28)15-5-6-17(22)18(23)11-15)10-7-16(20)19(24-27)12-25-8-3-4-9-25/h5-6,11,14H,3-4,7-10,12-13H2,1-2H3. The van der Waals surface area contributed by atoms with Crippen LogP contribution in [0.15, 0.2) is 18.2 Å². The first kappa shape index (κ1) is 19.1. The minimum absolute atomic E-state index is 0.176. The van der Waals surface area contributed by atoms with Crippen molar-refractivity contribution in [3.8, 4) is 0 Å². The van der Waals surface area contributed by atoms with Crippen molar-refractivity contribution < 1.29 is 13.6 Å². The maximum absolute atomic E-state index is 13.5. The molecule has 28 heavy (non-hydrogen) atoms. The van der Waals surface area contributed by atoms with E-state index in [1.165, 1.54) is 24.5 Å². The number of amides is 1. The number of aromatic nitrogens is 2. The Morgan fingerprint density at radius 3 is 2.57 bits per heavy atom. The van der Waals surface area contributed by atoms with Gasteiger partial charge >= 0.3 is 0 Å². The predicted octanol–water partition coefficient (Wildman–Crippen LogP) is 3.54. The van der Waals surface area contributed by atoms with Crippen LogP contribution >= 0.6 is 0 Å². The first-order chi connectivity index (χ1) is 13.4. The maximum atomic E-state index is 13.5. The topological polar surface area (TPSA) is 41.4 Å². The van der Waals surface area contributed by atoms with Crippen molar-refractivity contribution in [2.24, 2.45) is 0 Å². The van der Waals surface area contributed by atoms with Gasteiger partial charge in [-0.2, -0.15) is 5.10 Å². The zero-order chi connectivity index (χ0) is 19.8. The first-order valence-electron chi connectivity index (χ1n) is 10.00. The predicted molar refractivity (Wildman–Crippen MR) is 102 cm³/mol. The van der Waals surface area contributed by atoms with Crippen LogP contribution in [0.4, 0.5) is 8.78 Å². The minimum Gasteiger partial charge on any atom is -0.332 e. The summed E-state index contributed by atoms with van der Waals surface area (Å²) in [6.45, 7) is 8.26. The molecule has 3 heterocycles. The Labute approximate surface area is 163 Å². The highest BCUT2D eigenvalue weighted by Crippen LogP contribution is 2.28. The van der Waals surface area contributed by atoms with Crippen molar-refractivity contribution >= 4 is 5.91 Å². The molecule has 7 heteroatoms. The van der Waals surface area contributed by atoms with Crippen LogP contribution in [0, 0.1) is 11.6 Å². The van der Waals surface area contributed by atoms with Crippen molar-refractivity contribution in [3.05, 3.63) is 52.3 Å². The molecule has 4 rings (SSSR count). The van der Waals surface area contributed by atoms with Gasteiger partial charge in [0, 0.05) is 30.3 Å². The van der Waals surface area contributed by atoms with Gasteiger partial charge in [-0.25, -0.2) is 8.78 Å². The van der Waals surface area contributed by atoms with Crippen LogP contribution in [0.3, 0.4) is 0 Å². The molecule has 150 valence electrons. The number of fused-ring (bicyclic) bond motifs is 1. The van der Waals surface area contributed by atoms with Crippen LogP contribution < -0.4 is 0 Å². The Morgan fingerprint density at radius 1 is 1.14 bits per heavy atom. The lowest BCUT2D eigenvalue weighted by atomic mass is 10.0. The molecular formula is C21H26F2N4O. The van der Waals surface area contributed by atoms with Crippen LogP contribution in [0.5, 0.6) is 0 Å². The summed E-state index contributed by atoms with van der Waals surface area (Å²) in [6, 6.07) is 3.52. The third-order valence-electron chi connectivity index (χ3n) is 5.69. The van der Waals surface area contributed by atoms with E-state index in [0.717, 1.165) is 49.6 Å². The van der Waals surface area contributed by atoms with Crippen LogP contribution in [-0.4, -0.2) is 45.1 Å². The Balaban J connectivity index is 1.59. The Bertz CT molecular complexity index is 887. The molecule has 1 amide bonds. The fraction of sp³-hybridized carbons (Fsp3) is 0.524. The van der Waals surface area contributed by atoms with E-state index in [9.17, 15) is 13.6 Å². The van der Waals surface area contributed by atoms with Crippen LogP contribution in [-0.2, 0) is 19.5 Å². The van der Waals surface area contributed by atoms with Gasteiger partial charge in [0.25, 0.3) is 5.91 Å². The molecule has 5 nitrogen and oxygen atoms in total. The zero-order valence-corrected chi connectivity index (χ0v) is 16.4. The van der Waals surface area contributed by atoms with E-state index in [1.54, 1.807) is 4.90 Å². The van der Waals surface area contributed by atoms with Crippen molar-refractivity contribution in [2.75, 3.05) is 19.6 Å². The number of rotatable bonds is 4. The van der Waals surface area contributed by atoms with Gasteiger partial charge < -0.3 is 4.90 Å². The molecule has 2 aliphatic heterocycles. The molecule has 1 saturated heterocycles. The number of hydrogen-bond acceptors (Lipinski definition) is 3. The first-order valence-corrected chi connectivity index (χ1v) is 10.00. The molecule has 0 radical (unpaired) electrons. The van der Waals surface area contributed by atoms with E-state index in [1.807, 2.05) is 4.68 Å².